The van der Waals surface area contributed by atoms with Gasteiger partial charge in [0.1, 0.15) is 0 Å². The van der Waals surface area contributed by atoms with Crippen molar-refractivity contribution in [3.05, 3.63) is 64.6 Å². The maximum atomic E-state index is 11.7. The van der Waals surface area contributed by atoms with Crippen LogP contribution in [0.25, 0.3) is 0 Å². The van der Waals surface area contributed by atoms with Crippen LogP contribution < -0.4 is 10.6 Å². The summed E-state index contributed by atoms with van der Waals surface area (Å²) in [5.41, 5.74) is 2.16. The summed E-state index contributed by atoms with van der Waals surface area (Å²) in [5, 5.41) is 5.99. The molecule has 0 aliphatic heterocycles. The second kappa shape index (κ2) is 7.70. The summed E-state index contributed by atoms with van der Waals surface area (Å²) < 4.78 is 0.993. The molecule has 0 radical (unpaired) electrons. The summed E-state index contributed by atoms with van der Waals surface area (Å²) in [6, 6.07) is 17.9. The summed E-state index contributed by atoms with van der Waals surface area (Å²) in [4.78, 5) is 11.7. The number of hydrogen-bond donors (Lipinski definition) is 2. The van der Waals surface area contributed by atoms with Crippen molar-refractivity contribution in [1.82, 2.24) is 5.32 Å². The molecule has 3 nitrogen and oxygen atoms in total. The van der Waals surface area contributed by atoms with Gasteiger partial charge in [-0.1, -0.05) is 52.3 Å². The first-order valence-corrected chi connectivity index (χ1v) is 7.33. The smallest absolute Gasteiger partial charge is 0.239 e. The highest BCUT2D eigenvalue weighted by atomic mass is 79.9. The third kappa shape index (κ3) is 5.05. The molecule has 1 amide bonds. The van der Waals surface area contributed by atoms with Crippen LogP contribution in [0.2, 0.25) is 0 Å². The Morgan fingerprint density at radius 2 is 1.85 bits per heavy atom. The third-order valence-electron chi connectivity index (χ3n) is 2.86. The Labute approximate surface area is 127 Å². The van der Waals surface area contributed by atoms with Gasteiger partial charge in [-0.2, -0.15) is 0 Å². The standard InChI is InChI=1S/C16H17BrN2O/c17-14-7-4-8-15(11-14)19-12-16(20)18-10-9-13-5-2-1-3-6-13/h1-8,11,19H,9-10,12H2,(H,18,20). The molecule has 0 aromatic heterocycles. The van der Waals surface area contributed by atoms with Gasteiger partial charge in [-0.05, 0) is 30.2 Å². The van der Waals surface area contributed by atoms with Crippen LogP contribution in [0, 0.1) is 0 Å². The fourth-order valence-corrected chi connectivity index (χ4v) is 2.23. The van der Waals surface area contributed by atoms with Gasteiger partial charge in [-0.15, -0.1) is 0 Å². The second-order valence-electron chi connectivity index (χ2n) is 4.45. The zero-order valence-electron chi connectivity index (χ0n) is 11.1. The summed E-state index contributed by atoms with van der Waals surface area (Å²) >= 11 is 3.40. The monoisotopic (exact) mass is 332 g/mol. The van der Waals surface area contributed by atoms with Crippen molar-refractivity contribution in [3.63, 3.8) is 0 Å². The van der Waals surface area contributed by atoms with Crippen LogP contribution in [-0.2, 0) is 11.2 Å². The SMILES string of the molecule is O=C(CNc1cccc(Br)c1)NCCc1ccccc1. The quantitative estimate of drug-likeness (QED) is 0.852. The number of carbonyl (C=O) groups excluding carboxylic acids is 1. The van der Waals surface area contributed by atoms with E-state index in [1.54, 1.807) is 0 Å². The first-order chi connectivity index (χ1) is 9.74. The zero-order valence-corrected chi connectivity index (χ0v) is 12.7. The number of benzene rings is 2. The number of carbonyl (C=O) groups is 1. The molecule has 0 aliphatic rings. The summed E-state index contributed by atoms with van der Waals surface area (Å²) in [5.74, 6) is 0.000839. The minimum atomic E-state index is 0.000839. The van der Waals surface area contributed by atoms with Gasteiger partial charge >= 0.3 is 0 Å². The average Bonchev–Trinajstić information content (AvgIpc) is 2.46. The van der Waals surface area contributed by atoms with Crippen molar-refractivity contribution in [3.8, 4) is 0 Å². The third-order valence-corrected chi connectivity index (χ3v) is 3.35. The lowest BCUT2D eigenvalue weighted by atomic mass is 10.1. The van der Waals surface area contributed by atoms with E-state index in [1.807, 2.05) is 42.5 Å². The topological polar surface area (TPSA) is 41.1 Å². The number of nitrogens with one attached hydrogen (secondary N) is 2. The van der Waals surface area contributed by atoms with E-state index in [4.69, 9.17) is 0 Å². The Morgan fingerprint density at radius 3 is 2.60 bits per heavy atom. The van der Waals surface area contributed by atoms with Crippen molar-refractivity contribution in [2.45, 2.75) is 6.42 Å². The lowest BCUT2D eigenvalue weighted by molar-refractivity contribution is -0.119. The number of halogens is 1. The van der Waals surface area contributed by atoms with E-state index in [-0.39, 0.29) is 12.5 Å². The van der Waals surface area contributed by atoms with Crippen molar-refractivity contribution in [1.29, 1.82) is 0 Å². The van der Waals surface area contributed by atoms with Crippen LogP contribution in [0.1, 0.15) is 5.56 Å². The lowest BCUT2D eigenvalue weighted by Gasteiger charge is -2.08. The highest BCUT2D eigenvalue weighted by Gasteiger charge is 2.01. The Balaban J connectivity index is 1.68. The van der Waals surface area contributed by atoms with Crippen LogP contribution in [0.15, 0.2) is 59.1 Å². The summed E-state index contributed by atoms with van der Waals surface area (Å²) in [6.45, 7) is 0.939. The molecule has 0 saturated heterocycles. The molecule has 0 heterocycles. The predicted molar refractivity (Wildman–Crippen MR) is 85.8 cm³/mol. The van der Waals surface area contributed by atoms with Crippen LogP contribution in [0.3, 0.4) is 0 Å². The molecule has 2 aromatic rings. The van der Waals surface area contributed by atoms with Gasteiger partial charge < -0.3 is 10.6 Å². The molecule has 104 valence electrons. The van der Waals surface area contributed by atoms with Gasteiger partial charge in [-0.25, -0.2) is 0 Å². The van der Waals surface area contributed by atoms with E-state index in [1.165, 1.54) is 5.56 Å². The number of amides is 1. The van der Waals surface area contributed by atoms with Crippen LogP contribution in [0.5, 0.6) is 0 Å². The summed E-state index contributed by atoms with van der Waals surface area (Å²) in [6.07, 6.45) is 0.851. The van der Waals surface area contributed by atoms with Gasteiger partial charge in [0.05, 0.1) is 6.54 Å². The van der Waals surface area contributed by atoms with Crippen LogP contribution in [0.4, 0.5) is 5.69 Å². The van der Waals surface area contributed by atoms with Gasteiger partial charge in [0.15, 0.2) is 0 Å². The maximum Gasteiger partial charge on any atom is 0.239 e. The van der Waals surface area contributed by atoms with E-state index in [0.29, 0.717) is 6.54 Å². The Bertz CT molecular complexity index is 557. The van der Waals surface area contributed by atoms with E-state index >= 15 is 0 Å². The van der Waals surface area contributed by atoms with Gasteiger partial charge in [0, 0.05) is 16.7 Å². The van der Waals surface area contributed by atoms with Crippen LogP contribution >= 0.6 is 15.9 Å². The van der Waals surface area contributed by atoms with Crippen molar-refractivity contribution >= 4 is 27.5 Å². The number of anilines is 1. The predicted octanol–water partition coefficient (Wildman–Crippen LogP) is 3.22. The molecule has 0 bridgehead atoms. The fourth-order valence-electron chi connectivity index (χ4n) is 1.83. The van der Waals surface area contributed by atoms with Crippen LogP contribution in [-0.4, -0.2) is 19.0 Å². The molecule has 0 unspecified atom stereocenters. The first kappa shape index (κ1) is 14.6. The Hall–Kier alpha value is -1.81. The molecule has 0 atom stereocenters. The molecule has 0 spiro atoms. The largest absolute Gasteiger partial charge is 0.376 e. The summed E-state index contributed by atoms with van der Waals surface area (Å²) in [7, 11) is 0. The second-order valence-corrected chi connectivity index (χ2v) is 5.37. The molecule has 4 heteroatoms. The Kier molecular flexibility index (Phi) is 5.62. The highest BCUT2D eigenvalue weighted by molar-refractivity contribution is 9.10. The van der Waals surface area contributed by atoms with Gasteiger partial charge in [0.25, 0.3) is 0 Å². The molecule has 2 aromatic carbocycles. The van der Waals surface area contributed by atoms with E-state index in [0.717, 1.165) is 16.6 Å². The molecule has 0 fully saturated rings. The van der Waals surface area contributed by atoms with E-state index < -0.39 is 0 Å². The number of rotatable bonds is 6. The molecular weight excluding hydrogens is 316 g/mol. The normalized spacial score (nSPS) is 10.1. The van der Waals surface area contributed by atoms with Gasteiger partial charge in [0.2, 0.25) is 5.91 Å². The van der Waals surface area contributed by atoms with Crippen molar-refractivity contribution in [2.75, 3.05) is 18.4 Å². The molecule has 0 saturated carbocycles. The minimum absolute atomic E-state index is 0.000839. The molecule has 0 aliphatic carbocycles. The van der Waals surface area contributed by atoms with Crippen molar-refractivity contribution in [2.24, 2.45) is 0 Å². The lowest BCUT2D eigenvalue weighted by Crippen LogP contribution is -2.31. The zero-order chi connectivity index (χ0) is 14.2. The molecule has 2 rings (SSSR count). The first-order valence-electron chi connectivity index (χ1n) is 6.54. The molecule has 2 N–H and O–H groups in total. The number of hydrogen-bond acceptors (Lipinski definition) is 2. The van der Waals surface area contributed by atoms with E-state index in [2.05, 4.69) is 38.7 Å². The van der Waals surface area contributed by atoms with Gasteiger partial charge in [-0.3, -0.25) is 4.79 Å². The molecule has 20 heavy (non-hydrogen) atoms. The van der Waals surface area contributed by atoms with E-state index in [9.17, 15) is 4.79 Å². The Morgan fingerprint density at radius 1 is 1.05 bits per heavy atom. The van der Waals surface area contributed by atoms with Crippen molar-refractivity contribution < 1.29 is 4.79 Å². The molecular formula is C16H17BrN2O. The highest BCUT2D eigenvalue weighted by Crippen LogP contribution is 2.15. The fraction of sp³-hybridized carbons (Fsp3) is 0.188. The maximum absolute atomic E-state index is 11.7. The minimum Gasteiger partial charge on any atom is -0.376 e. The average molecular weight is 333 g/mol.